The Morgan fingerprint density at radius 3 is 2.31 bits per heavy atom. The number of hydrogen-bond acceptors (Lipinski definition) is 2. The molecule has 0 N–H and O–H groups in total. The van der Waals surface area contributed by atoms with Crippen LogP contribution in [0, 0.1) is 0 Å². The lowest BCUT2D eigenvalue weighted by Crippen LogP contribution is -2.01. The fourth-order valence-electron chi connectivity index (χ4n) is 0.579. The van der Waals surface area contributed by atoms with Crippen LogP contribution in [-0.4, -0.2) is 24.2 Å². The molecule has 0 bridgehead atoms. The molecule has 0 aliphatic heterocycles. The maximum absolute atomic E-state index is 10.3. The van der Waals surface area contributed by atoms with Crippen LogP contribution in [0.2, 0.25) is 0 Å². The molecule has 7 heteroatoms. The first-order chi connectivity index (χ1) is 5.92. The minimum atomic E-state index is -1.98. The predicted molar refractivity (Wildman–Crippen MR) is 60.9 cm³/mol. The largest absolute Gasteiger partial charge is 0.381 e. The van der Waals surface area contributed by atoms with Crippen molar-refractivity contribution in [3.63, 3.8) is 0 Å². The summed E-state index contributed by atoms with van der Waals surface area (Å²) in [6.07, 6.45) is 0.907. The smallest absolute Gasteiger partial charge is 0.223 e. The lowest BCUT2D eigenvalue weighted by Gasteiger charge is -2.14. The van der Waals surface area contributed by atoms with Crippen molar-refractivity contribution >= 4 is 56.6 Å². The van der Waals surface area contributed by atoms with Crippen molar-refractivity contribution in [1.29, 1.82) is 0 Å². The zero-order valence-corrected chi connectivity index (χ0v) is 10.6. The SMILES string of the molecule is O=C(Cl)CCOCCCS(Cl)(Cl)Cl. The lowest BCUT2D eigenvalue weighted by molar-refractivity contribution is -0.112. The number of hydrogen-bond donors (Lipinski definition) is 0. The molecular weight excluding hydrogens is 278 g/mol. The second-order valence-electron chi connectivity index (χ2n) is 2.28. The lowest BCUT2D eigenvalue weighted by atomic mass is 10.5. The van der Waals surface area contributed by atoms with E-state index < -0.39 is 12.9 Å². The molecule has 80 valence electrons. The Hall–Kier alpha value is 1.14. The van der Waals surface area contributed by atoms with Crippen LogP contribution < -0.4 is 0 Å². The minimum Gasteiger partial charge on any atom is -0.381 e. The Morgan fingerprint density at radius 1 is 1.23 bits per heavy atom. The van der Waals surface area contributed by atoms with Crippen LogP contribution in [0.15, 0.2) is 0 Å². The van der Waals surface area contributed by atoms with Crippen molar-refractivity contribution in [3.05, 3.63) is 0 Å². The summed E-state index contributed by atoms with van der Waals surface area (Å²) in [7, 11) is 14.8. The molecule has 0 aromatic heterocycles. The molecule has 0 heterocycles. The standard InChI is InChI=1S/C6H10Cl4O2S/c7-6(11)2-4-12-3-1-5-13(8,9)10/h1-5H2. The summed E-state index contributed by atoms with van der Waals surface area (Å²) >= 11 is 5.09. The van der Waals surface area contributed by atoms with Crippen molar-refractivity contribution in [2.75, 3.05) is 19.0 Å². The molecule has 0 fully saturated rings. The molecule has 0 spiro atoms. The highest BCUT2D eigenvalue weighted by molar-refractivity contribution is 8.79. The second kappa shape index (κ2) is 7.43. The van der Waals surface area contributed by atoms with Crippen LogP contribution in [0.5, 0.6) is 0 Å². The summed E-state index contributed by atoms with van der Waals surface area (Å²) in [5, 5.41) is -0.396. The van der Waals surface area contributed by atoms with Gasteiger partial charge < -0.3 is 4.74 Å². The molecule has 0 atom stereocenters. The third kappa shape index (κ3) is 13.1. The summed E-state index contributed by atoms with van der Waals surface area (Å²) in [6, 6.07) is 0. The first kappa shape index (κ1) is 14.1. The van der Waals surface area contributed by atoms with Gasteiger partial charge in [0.2, 0.25) is 5.24 Å². The molecular formula is C6H10Cl4O2S. The Balaban J connectivity index is 3.13. The van der Waals surface area contributed by atoms with Gasteiger partial charge in [0, 0.05) is 18.8 Å². The van der Waals surface area contributed by atoms with E-state index in [4.69, 9.17) is 48.4 Å². The highest BCUT2D eigenvalue weighted by Crippen LogP contribution is 2.63. The Bertz CT molecular complexity index is 159. The average Bonchev–Trinajstić information content (AvgIpc) is 1.93. The molecule has 0 aromatic carbocycles. The van der Waals surface area contributed by atoms with Crippen LogP contribution >= 0.6 is 51.3 Å². The van der Waals surface area contributed by atoms with Gasteiger partial charge in [-0.1, -0.05) is 0 Å². The van der Waals surface area contributed by atoms with Crippen molar-refractivity contribution in [2.45, 2.75) is 12.8 Å². The fourth-order valence-corrected chi connectivity index (χ4v) is 2.08. The van der Waals surface area contributed by atoms with Gasteiger partial charge in [-0.3, -0.25) is 4.79 Å². The van der Waals surface area contributed by atoms with E-state index in [-0.39, 0.29) is 6.42 Å². The molecule has 0 aliphatic carbocycles. The molecule has 2 nitrogen and oxygen atoms in total. The van der Waals surface area contributed by atoms with Crippen LogP contribution in [0.1, 0.15) is 12.8 Å². The van der Waals surface area contributed by atoms with Gasteiger partial charge >= 0.3 is 0 Å². The maximum atomic E-state index is 10.3. The summed E-state index contributed by atoms with van der Waals surface area (Å²) in [5.41, 5.74) is 0. The quantitative estimate of drug-likeness (QED) is 0.526. The Morgan fingerprint density at radius 2 is 1.85 bits per heavy atom. The van der Waals surface area contributed by atoms with E-state index in [9.17, 15) is 4.79 Å². The van der Waals surface area contributed by atoms with Crippen molar-refractivity contribution in [3.8, 4) is 0 Å². The molecule has 0 saturated carbocycles. The van der Waals surface area contributed by atoms with Gasteiger partial charge in [0.15, 0.2) is 0 Å². The monoisotopic (exact) mass is 286 g/mol. The van der Waals surface area contributed by atoms with Crippen LogP contribution in [-0.2, 0) is 9.53 Å². The fraction of sp³-hybridized carbons (Fsp3) is 0.833. The van der Waals surface area contributed by atoms with Crippen LogP contribution in [0.4, 0.5) is 0 Å². The molecule has 0 amide bonds. The number of ether oxygens (including phenoxy) is 1. The topological polar surface area (TPSA) is 26.3 Å². The van der Waals surface area contributed by atoms with E-state index in [2.05, 4.69) is 0 Å². The van der Waals surface area contributed by atoms with Gasteiger partial charge in [-0.25, -0.2) is 0 Å². The summed E-state index contributed by atoms with van der Waals surface area (Å²) in [4.78, 5) is 10.3. The maximum Gasteiger partial charge on any atom is 0.223 e. The Labute approximate surface area is 97.6 Å². The minimum absolute atomic E-state index is 0.224. The van der Waals surface area contributed by atoms with E-state index >= 15 is 0 Å². The van der Waals surface area contributed by atoms with Gasteiger partial charge in [-0.2, -0.15) is 0 Å². The van der Waals surface area contributed by atoms with E-state index in [0.717, 1.165) is 0 Å². The van der Waals surface area contributed by atoms with Gasteiger partial charge in [-0.05, 0) is 57.7 Å². The van der Waals surface area contributed by atoms with Crippen molar-refractivity contribution in [2.24, 2.45) is 0 Å². The molecule has 13 heavy (non-hydrogen) atoms. The van der Waals surface area contributed by atoms with E-state index in [1.807, 2.05) is 0 Å². The first-order valence-electron chi connectivity index (χ1n) is 3.58. The molecule has 0 unspecified atom stereocenters. The Kier molecular flexibility index (Phi) is 8.09. The van der Waals surface area contributed by atoms with Gasteiger partial charge in [0.1, 0.15) is 0 Å². The van der Waals surface area contributed by atoms with E-state index in [1.165, 1.54) is 0 Å². The molecule has 0 aromatic rings. The first-order valence-corrected chi connectivity index (χ1v) is 8.23. The molecule has 0 saturated heterocycles. The van der Waals surface area contributed by atoms with E-state index in [0.29, 0.717) is 25.4 Å². The molecule has 0 rings (SSSR count). The zero-order chi connectivity index (χ0) is 10.3. The summed E-state index contributed by atoms with van der Waals surface area (Å²) in [5.74, 6) is 0.520. The summed E-state index contributed by atoms with van der Waals surface area (Å²) < 4.78 is 5.07. The third-order valence-electron chi connectivity index (χ3n) is 1.11. The van der Waals surface area contributed by atoms with Gasteiger partial charge in [0.05, 0.1) is 6.61 Å². The van der Waals surface area contributed by atoms with Gasteiger partial charge in [-0.15, -0.1) is 0 Å². The number of carbonyl (C=O) groups excluding carboxylic acids is 1. The third-order valence-corrected chi connectivity index (χ3v) is 3.44. The molecule has 0 radical (unpaired) electrons. The number of halogens is 4. The van der Waals surface area contributed by atoms with Crippen molar-refractivity contribution in [1.82, 2.24) is 0 Å². The van der Waals surface area contributed by atoms with Crippen LogP contribution in [0.3, 0.4) is 0 Å². The normalized spacial score (nSPS) is 12.9. The average molecular weight is 288 g/mol. The number of carbonyl (C=O) groups is 1. The zero-order valence-electron chi connectivity index (χ0n) is 6.77. The predicted octanol–water partition coefficient (Wildman–Crippen LogP) is 3.81. The highest BCUT2D eigenvalue weighted by Gasteiger charge is 2.11. The highest BCUT2D eigenvalue weighted by atomic mass is 36.2. The van der Waals surface area contributed by atoms with Crippen LogP contribution in [0.25, 0.3) is 0 Å². The second-order valence-corrected chi connectivity index (χ2v) is 10.3. The summed E-state index contributed by atoms with van der Waals surface area (Å²) in [6.45, 7) is 0.822. The van der Waals surface area contributed by atoms with E-state index in [1.54, 1.807) is 0 Å². The van der Waals surface area contributed by atoms with Crippen molar-refractivity contribution < 1.29 is 9.53 Å². The molecule has 0 aliphatic rings. The number of rotatable bonds is 7. The van der Waals surface area contributed by atoms with Gasteiger partial charge in [0.25, 0.3) is 0 Å².